The number of aromatic nitrogens is 3. The molecule has 12 heteroatoms. The van der Waals surface area contributed by atoms with Gasteiger partial charge in [0.2, 0.25) is 23.6 Å². The maximum Gasteiger partial charge on any atom is 0.307 e. The van der Waals surface area contributed by atoms with E-state index in [1.165, 1.54) is 6.08 Å². The molecule has 0 unspecified atom stereocenters. The number of hydrogen-bond acceptors (Lipinski definition) is 9. The normalized spacial score (nSPS) is 14.2. The number of unbranched alkanes of at least 4 members (excludes halogenated alkanes) is 1. The molecule has 46 heavy (non-hydrogen) atoms. The molecular formula is C34H39N7O5. The zero-order valence-corrected chi connectivity index (χ0v) is 26.4. The van der Waals surface area contributed by atoms with E-state index >= 15 is 0 Å². The lowest BCUT2D eigenvalue weighted by atomic mass is 10.2. The number of likely N-dealkylation sites (N-methyl/N-ethyl adjacent to an activating group) is 1. The van der Waals surface area contributed by atoms with E-state index in [0.717, 1.165) is 37.2 Å². The monoisotopic (exact) mass is 625 g/mol. The Morgan fingerprint density at radius 1 is 1.11 bits per heavy atom. The molecule has 240 valence electrons. The van der Waals surface area contributed by atoms with Gasteiger partial charge < -0.3 is 29.9 Å². The smallest absolute Gasteiger partial charge is 0.307 e. The second-order valence-electron chi connectivity index (χ2n) is 11.1. The molecule has 12 nitrogen and oxygen atoms in total. The minimum atomic E-state index is -0.336. The van der Waals surface area contributed by atoms with E-state index in [2.05, 4.69) is 27.1 Å². The van der Waals surface area contributed by atoms with E-state index in [1.807, 2.05) is 43.1 Å². The Labute approximate surface area is 268 Å². The number of esters is 1. The molecule has 2 amide bonds. The summed E-state index contributed by atoms with van der Waals surface area (Å²) in [6.45, 7) is 8.59. The van der Waals surface area contributed by atoms with Crippen molar-refractivity contribution in [2.45, 2.75) is 52.3 Å². The molecule has 2 aromatic heterocycles. The van der Waals surface area contributed by atoms with Crippen molar-refractivity contribution in [1.82, 2.24) is 19.4 Å². The number of carbonyl (C=O) groups excluding carboxylic acids is 3. The third kappa shape index (κ3) is 7.81. The molecule has 0 radical (unpaired) electrons. The first-order valence-corrected chi connectivity index (χ1v) is 15.3. The predicted octanol–water partition coefficient (Wildman–Crippen LogP) is 5.84. The molecule has 3 heterocycles. The van der Waals surface area contributed by atoms with Crippen LogP contribution in [0.1, 0.15) is 39.5 Å². The molecule has 1 saturated heterocycles. The van der Waals surface area contributed by atoms with E-state index in [4.69, 9.17) is 14.5 Å². The van der Waals surface area contributed by atoms with Gasteiger partial charge in [0.15, 0.2) is 12.4 Å². The first-order chi connectivity index (χ1) is 22.2. The maximum absolute atomic E-state index is 12.2. The minimum absolute atomic E-state index is 0.00569. The first kappa shape index (κ1) is 32.0. The van der Waals surface area contributed by atoms with Gasteiger partial charge in [-0.1, -0.05) is 26.0 Å². The van der Waals surface area contributed by atoms with Crippen LogP contribution in [0.3, 0.4) is 0 Å². The lowest BCUT2D eigenvalue weighted by molar-refractivity contribution is -0.147. The molecule has 0 saturated carbocycles. The number of amides is 2. The predicted molar refractivity (Wildman–Crippen MR) is 177 cm³/mol. The summed E-state index contributed by atoms with van der Waals surface area (Å²) in [4.78, 5) is 49.3. The molecular weight excluding hydrogens is 586 g/mol. The quantitative estimate of drug-likeness (QED) is 0.139. The van der Waals surface area contributed by atoms with Crippen molar-refractivity contribution in [1.29, 1.82) is 0 Å². The highest BCUT2D eigenvalue weighted by Crippen LogP contribution is 2.32. The second kappa shape index (κ2) is 14.6. The van der Waals surface area contributed by atoms with Crippen molar-refractivity contribution < 1.29 is 23.9 Å². The van der Waals surface area contributed by atoms with Crippen LogP contribution in [0.25, 0.3) is 11.0 Å². The standard InChI is InChI=1S/C34H39N7O5/c1-5-7-11-31(44)45-22-41-19-17-29-32(41)37-34(38-33(29)46-28-10-8-9-25(20-28)35-30(43)6-2)36-24-12-14-26(15-13-24)39(4)27-16-18-40(21-27)23(3)42/h6,8-10,12-15,17,19-20,27H,2,5,7,11,16,18,21-22H2,1,3-4H3,(H,35,43)(H,36,37,38)/t27-/m0/s1. The first-order valence-electron chi connectivity index (χ1n) is 15.3. The van der Waals surface area contributed by atoms with Crippen LogP contribution in [0, 0.1) is 0 Å². The zero-order valence-electron chi connectivity index (χ0n) is 26.4. The van der Waals surface area contributed by atoms with Crippen molar-refractivity contribution >= 4 is 51.8 Å². The van der Waals surface area contributed by atoms with E-state index < -0.39 is 0 Å². The number of benzene rings is 2. The van der Waals surface area contributed by atoms with Gasteiger partial charge in [0.05, 0.1) is 5.39 Å². The summed E-state index contributed by atoms with van der Waals surface area (Å²) >= 11 is 0. The number of hydrogen-bond donors (Lipinski definition) is 2. The summed E-state index contributed by atoms with van der Waals surface area (Å²) in [7, 11) is 2.04. The largest absolute Gasteiger partial charge is 0.444 e. The fourth-order valence-electron chi connectivity index (χ4n) is 5.22. The van der Waals surface area contributed by atoms with Crippen molar-refractivity contribution in [3.63, 3.8) is 0 Å². The van der Waals surface area contributed by atoms with Crippen LogP contribution in [0.2, 0.25) is 0 Å². The molecule has 1 aliphatic heterocycles. The highest BCUT2D eigenvalue weighted by molar-refractivity contribution is 5.99. The molecule has 4 aromatic rings. The Bertz CT molecular complexity index is 1720. The lowest BCUT2D eigenvalue weighted by Gasteiger charge is -2.27. The minimum Gasteiger partial charge on any atom is -0.444 e. The highest BCUT2D eigenvalue weighted by Gasteiger charge is 2.27. The van der Waals surface area contributed by atoms with E-state index in [0.29, 0.717) is 35.4 Å². The number of likely N-dealkylation sites (tertiary alicyclic amines) is 1. The fourth-order valence-corrected chi connectivity index (χ4v) is 5.22. The molecule has 0 bridgehead atoms. The van der Waals surface area contributed by atoms with Gasteiger partial charge in [-0.25, -0.2) is 0 Å². The third-order valence-corrected chi connectivity index (χ3v) is 7.87. The molecule has 1 fully saturated rings. The van der Waals surface area contributed by atoms with Crippen LogP contribution in [0.4, 0.5) is 23.0 Å². The average Bonchev–Trinajstić information content (AvgIpc) is 3.71. The van der Waals surface area contributed by atoms with Crippen molar-refractivity contribution in [2.75, 3.05) is 35.7 Å². The Balaban J connectivity index is 1.39. The number of fused-ring (bicyclic) bond motifs is 1. The van der Waals surface area contributed by atoms with E-state index in [1.54, 1.807) is 48.0 Å². The molecule has 0 spiro atoms. The van der Waals surface area contributed by atoms with Crippen LogP contribution < -0.4 is 20.3 Å². The van der Waals surface area contributed by atoms with Gasteiger partial charge in [0.25, 0.3) is 0 Å². The van der Waals surface area contributed by atoms with Crippen LogP contribution in [-0.4, -0.2) is 63.4 Å². The van der Waals surface area contributed by atoms with Crippen molar-refractivity contribution in [3.05, 3.63) is 73.4 Å². The molecule has 1 aliphatic rings. The summed E-state index contributed by atoms with van der Waals surface area (Å²) in [5.41, 5.74) is 2.85. The SMILES string of the molecule is C=CC(=O)Nc1cccc(Oc2nc(Nc3ccc(N(C)[C@H]4CCN(C(C)=O)C4)cc3)nc3c2ccn3COC(=O)CCCC)c1. The van der Waals surface area contributed by atoms with Gasteiger partial charge in [0.1, 0.15) is 5.75 Å². The van der Waals surface area contributed by atoms with Crippen LogP contribution in [-0.2, 0) is 25.9 Å². The molecule has 1 atom stereocenters. The number of carbonyl (C=O) groups is 3. The van der Waals surface area contributed by atoms with Gasteiger partial charge in [-0.05, 0) is 61.4 Å². The third-order valence-electron chi connectivity index (χ3n) is 7.87. The maximum atomic E-state index is 12.2. The van der Waals surface area contributed by atoms with Crippen LogP contribution >= 0.6 is 0 Å². The van der Waals surface area contributed by atoms with Crippen LogP contribution in [0.5, 0.6) is 11.6 Å². The summed E-state index contributed by atoms with van der Waals surface area (Å²) in [5, 5.41) is 6.61. The van der Waals surface area contributed by atoms with Gasteiger partial charge in [-0.15, -0.1) is 0 Å². The summed E-state index contributed by atoms with van der Waals surface area (Å²) in [6.07, 6.45) is 5.90. The van der Waals surface area contributed by atoms with Crippen molar-refractivity contribution in [2.24, 2.45) is 0 Å². The Morgan fingerprint density at radius 3 is 2.63 bits per heavy atom. The van der Waals surface area contributed by atoms with Crippen LogP contribution in [0.15, 0.2) is 73.4 Å². The number of rotatable bonds is 13. The Morgan fingerprint density at radius 2 is 1.91 bits per heavy atom. The van der Waals surface area contributed by atoms with Crippen molar-refractivity contribution in [3.8, 4) is 11.6 Å². The number of nitrogens with zero attached hydrogens (tertiary/aromatic N) is 5. The van der Waals surface area contributed by atoms with E-state index in [-0.39, 0.29) is 42.4 Å². The second-order valence-corrected chi connectivity index (χ2v) is 11.1. The van der Waals surface area contributed by atoms with Gasteiger partial charge in [-0.3, -0.25) is 19.0 Å². The Hall–Kier alpha value is -5.39. The number of anilines is 4. The zero-order chi connectivity index (χ0) is 32.6. The average molecular weight is 626 g/mol. The fraction of sp³-hybridized carbons (Fsp3) is 0.324. The van der Waals surface area contributed by atoms with Gasteiger partial charge >= 0.3 is 5.97 Å². The summed E-state index contributed by atoms with van der Waals surface area (Å²) < 4.78 is 13.5. The summed E-state index contributed by atoms with van der Waals surface area (Å²) in [5.74, 6) is 0.505. The molecule has 0 aliphatic carbocycles. The topological polar surface area (TPSA) is 131 Å². The molecule has 2 N–H and O–H groups in total. The number of ether oxygens (including phenoxy) is 2. The lowest BCUT2D eigenvalue weighted by Crippen LogP contribution is -2.35. The molecule has 5 rings (SSSR count). The van der Waals surface area contributed by atoms with E-state index in [9.17, 15) is 14.4 Å². The van der Waals surface area contributed by atoms with Gasteiger partial charge in [0, 0.05) is 68.8 Å². The molecule has 2 aromatic carbocycles. The Kier molecular flexibility index (Phi) is 10.2. The number of nitrogens with one attached hydrogen (secondary N) is 2. The highest BCUT2D eigenvalue weighted by atomic mass is 16.5. The summed E-state index contributed by atoms with van der Waals surface area (Å²) in [6, 6.07) is 16.9. The van der Waals surface area contributed by atoms with Gasteiger partial charge in [-0.2, -0.15) is 9.97 Å².